The fourth-order valence-corrected chi connectivity index (χ4v) is 2.10. The Morgan fingerprint density at radius 2 is 1.89 bits per heavy atom. The van der Waals surface area contributed by atoms with E-state index in [4.69, 9.17) is 23.2 Å². The second-order valence-electron chi connectivity index (χ2n) is 4.26. The van der Waals surface area contributed by atoms with Gasteiger partial charge < -0.3 is 10.1 Å². The maximum Gasteiger partial charge on any atom is 0.354 e. The Labute approximate surface area is 117 Å². The van der Waals surface area contributed by atoms with Crippen LogP contribution in [0.4, 0.5) is 0 Å². The Morgan fingerprint density at radius 1 is 1.28 bits per heavy atom. The number of nitrogens with one attached hydrogen (secondary N) is 1. The van der Waals surface area contributed by atoms with Crippen LogP contribution >= 0.6 is 23.2 Å². The third-order valence-corrected chi connectivity index (χ3v) is 3.31. The number of allylic oxidation sites excluding steroid dienone is 1. The van der Waals surface area contributed by atoms with E-state index in [2.05, 4.69) is 10.1 Å². The van der Waals surface area contributed by atoms with Crippen molar-refractivity contribution in [2.24, 2.45) is 5.92 Å². The zero-order valence-corrected chi connectivity index (χ0v) is 11.8. The van der Waals surface area contributed by atoms with Gasteiger partial charge in [-0.3, -0.25) is 4.79 Å². The quantitative estimate of drug-likeness (QED) is 0.492. The zero-order valence-electron chi connectivity index (χ0n) is 10.2. The number of carbonyl (C=O) groups excluding carboxylic acids is 2. The Morgan fingerprint density at radius 3 is 2.39 bits per heavy atom. The van der Waals surface area contributed by atoms with Crippen LogP contribution in [0.5, 0.6) is 0 Å². The molecule has 1 N–H and O–H groups in total. The van der Waals surface area contributed by atoms with Gasteiger partial charge in [0.15, 0.2) is 4.84 Å². The van der Waals surface area contributed by atoms with Crippen LogP contribution in [0.15, 0.2) is 11.8 Å². The number of ether oxygens (including phenoxy) is 1. The first-order valence-corrected chi connectivity index (χ1v) is 6.81. The van der Waals surface area contributed by atoms with E-state index in [1.165, 1.54) is 13.5 Å². The summed E-state index contributed by atoms with van der Waals surface area (Å²) in [5.41, 5.74) is 0.126. The molecule has 1 aliphatic rings. The first kappa shape index (κ1) is 15.3. The summed E-state index contributed by atoms with van der Waals surface area (Å²) in [6.07, 6.45) is 7.27. The molecule has 102 valence electrons. The molecule has 0 aromatic rings. The van der Waals surface area contributed by atoms with Crippen LogP contribution in [-0.2, 0) is 14.3 Å². The molecule has 6 heteroatoms. The van der Waals surface area contributed by atoms with E-state index >= 15 is 0 Å². The van der Waals surface area contributed by atoms with Gasteiger partial charge in [-0.1, -0.05) is 48.5 Å². The molecular formula is C12H17Cl2NO3. The van der Waals surface area contributed by atoms with Crippen molar-refractivity contribution in [2.75, 3.05) is 7.11 Å². The van der Waals surface area contributed by atoms with E-state index in [1.807, 2.05) is 0 Å². The minimum atomic E-state index is -1.20. The first-order chi connectivity index (χ1) is 8.54. The lowest BCUT2D eigenvalue weighted by molar-refractivity contribution is -0.137. The van der Waals surface area contributed by atoms with Crippen molar-refractivity contribution in [1.29, 1.82) is 0 Å². The summed E-state index contributed by atoms with van der Waals surface area (Å²) < 4.78 is 4.63. The van der Waals surface area contributed by atoms with Crippen molar-refractivity contribution in [2.45, 2.75) is 36.9 Å². The van der Waals surface area contributed by atoms with Crippen LogP contribution in [0.3, 0.4) is 0 Å². The number of alkyl halides is 2. The van der Waals surface area contributed by atoms with E-state index < -0.39 is 16.7 Å². The van der Waals surface area contributed by atoms with Crippen LogP contribution in [0.2, 0.25) is 0 Å². The van der Waals surface area contributed by atoms with Gasteiger partial charge in [-0.15, -0.1) is 0 Å². The minimum absolute atomic E-state index is 0.126. The minimum Gasteiger partial charge on any atom is -0.464 e. The molecule has 1 fully saturated rings. The molecule has 0 aromatic heterocycles. The molecule has 18 heavy (non-hydrogen) atoms. The average Bonchev–Trinajstić information content (AvgIpc) is 2.38. The third-order valence-electron chi connectivity index (χ3n) is 2.91. The topological polar surface area (TPSA) is 55.4 Å². The fraction of sp³-hybridized carbons (Fsp3) is 0.667. The molecule has 0 unspecified atom stereocenters. The molecule has 0 aliphatic heterocycles. The highest BCUT2D eigenvalue weighted by molar-refractivity contribution is 6.53. The molecule has 1 rings (SSSR count). The number of carbonyl (C=O) groups is 2. The van der Waals surface area contributed by atoms with Gasteiger partial charge in [0.2, 0.25) is 0 Å². The van der Waals surface area contributed by atoms with Crippen LogP contribution in [0, 0.1) is 5.92 Å². The molecule has 0 radical (unpaired) electrons. The molecular weight excluding hydrogens is 277 g/mol. The van der Waals surface area contributed by atoms with E-state index in [0.717, 1.165) is 25.7 Å². The third kappa shape index (κ3) is 4.86. The monoisotopic (exact) mass is 293 g/mol. The van der Waals surface area contributed by atoms with Crippen molar-refractivity contribution in [3.63, 3.8) is 0 Å². The highest BCUT2D eigenvalue weighted by Crippen LogP contribution is 2.25. The van der Waals surface area contributed by atoms with Gasteiger partial charge >= 0.3 is 5.97 Å². The maximum absolute atomic E-state index is 11.6. The van der Waals surface area contributed by atoms with E-state index in [9.17, 15) is 9.59 Å². The van der Waals surface area contributed by atoms with E-state index in [-0.39, 0.29) is 11.6 Å². The summed E-state index contributed by atoms with van der Waals surface area (Å²) in [5, 5.41) is 2.40. The smallest absolute Gasteiger partial charge is 0.354 e. The molecule has 0 spiro atoms. The summed E-state index contributed by atoms with van der Waals surface area (Å²) in [5.74, 6) is -0.911. The van der Waals surface area contributed by atoms with Crippen molar-refractivity contribution in [1.82, 2.24) is 5.32 Å². The summed E-state index contributed by atoms with van der Waals surface area (Å²) in [4.78, 5) is 21.7. The van der Waals surface area contributed by atoms with Gasteiger partial charge in [-0.25, -0.2) is 4.79 Å². The highest BCUT2D eigenvalue weighted by atomic mass is 35.5. The summed E-state index contributed by atoms with van der Waals surface area (Å²) >= 11 is 10.9. The lowest BCUT2D eigenvalue weighted by Crippen LogP contribution is -2.32. The Balaban J connectivity index is 2.73. The largest absolute Gasteiger partial charge is 0.464 e. The van der Waals surface area contributed by atoms with Gasteiger partial charge in [-0.2, -0.15) is 0 Å². The zero-order chi connectivity index (χ0) is 13.5. The SMILES string of the molecule is COC(=O)/C(=C/C1CCCCC1)NC(=O)C(Cl)Cl. The fourth-order valence-electron chi connectivity index (χ4n) is 1.99. The second kappa shape index (κ2) is 7.64. The predicted octanol–water partition coefficient (Wildman–Crippen LogP) is 2.54. The lowest BCUT2D eigenvalue weighted by atomic mass is 9.88. The molecule has 0 saturated heterocycles. The predicted molar refractivity (Wildman–Crippen MR) is 70.3 cm³/mol. The Bertz CT molecular complexity index is 336. The van der Waals surface area contributed by atoms with Crippen LogP contribution in [0.1, 0.15) is 32.1 Å². The molecule has 1 saturated carbocycles. The standard InChI is InChI=1S/C12H17Cl2NO3/c1-18-12(17)9(15-11(16)10(13)14)7-8-5-3-2-4-6-8/h7-8,10H,2-6H2,1H3,(H,15,16)/b9-7-. The molecule has 1 aliphatic carbocycles. The highest BCUT2D eigenvalue weighted by Gasteiger charge is 2.20. The Kier molecular flexibility index (Phi) is 6.50. The van der Waals surface area contributed by atoms with Gasteiger partial charge in [0.25, 0.3) is 5.91 Å². The van der Waals surface area contributed by atoms with Crippen molar-refractivity contribution < 1.29 is 14.3 Å². The summed E-state index contributed by atoms with van der Waals surface area (Å²) in [7, 11) is 1.27. The van der Waals surface area contributed by atoms with Gasteiger partial charge in [0.05, 0.1) is 7.11 Å². The van der Waals surface area contributed by atoms with Crippen molar-refractivity contribution >= 4 is 35.1 Å². The first-order valence-electron chi connectivity index (χ1n) is 5.93. The number of rotatable bonds is 4. The lowest BCUT2D eigenvalue weighted by Gasteiger charge is -2.19. The number of esters is 1. The van der Waals surface area contributed by atoms with Crippen LogP contribution in [-0.4, -0.2) is 23.8 Å². The number of amides is 1. The normalized spacial score (nSPS) is 17.7. The molecule has 0 bridgehead atoms. The van der Waals surface area contributed by atoms with E-state index in [1.54, 1.807) is 6.08 Å². The second-order valence-corrected chi connectivity index (χ2v) is 5.36. The van der Waals surface area contributed by atoms with Gasteiger partial charge in [0, 0.05) is 0 Å². The van der Waals surface area contributed by atoms with Crippen molar-refractivity contribution in [3.05, 3.63) is 11.8 Å². The van der Waals surface area contributed by atoms with Crippen LogP contribution in [0.25, 0.3) is 0 Å². The molecule has 0 heterocycles. The number of hydrogen-bond donors (Lipinski definition) is 1. The maximum atomic E-state index is 11.6. The number of hydrogen-bond acceptors (Lipinski definition) is 3. The molecule has 4 nitrogen and oxygen atoms in total. The van der Waals surface area contributed by atoms with E-state index in [0.29, 0.717) is 0 Å². The molecule has 0 atom stereocenters. The van der Waals surface area contributed by atoms with Crippen LogP contribution < -0.4 is 5.32 Å². The molecule has 0 aromatic carbocycles. The number of methoxy groups -OCH3 is 1. The summed E-state index contributed by atoms with van der Waals surface area (Å²) in [6, 6.07) is 0. The Hall–Kier alpha value is -0.740. The number of halogens is 2. The summed E-state index contributed by atoms with van der Waals surface area (Å²) in [6.45, 7) is 0. The van der Waals surface area contributed by atoms with Gasteiger partial charge in [0.1, 0.15) is 5.70 Å². The average molecular weight is 294 g/mol. The molecule has 1 amide bonds. The van der Waals surface area contributed by atoms with Crippen molar-refractivity contribution in [3.8, 4) is 0 Å². The van der Waals surface area contributed by atoms with Gasteiger partial charge in [-0.05, 0) is 18.8 Å².